The third-order valence-corrected chi connectivity index (χ3v) is 3.44. The third kappa shape index (κ3) is 2.18. The van der Waals surface area contributed by atoms with Crippen molar-refractivity contribution in [3.8, 4) is 0 Å². The van der Waals surface area contributed by atoms with Crippen LogP contribution >= 0.6 is 11.3 Å². The van der Waals surface area contributed by atoms with Crippen LogP contribution in [0.3, 0.4) is 0 Å². The fourth-order valence-corrected chi connectivity index (χ4v) is 2.17. The van der Waals surface area contributed by atoms with E-state index in [0.717, 1.165) is 10.5 Å². The summed E-state index contributed by atoms with van der Waals surface area (Å²) in [5.41, 5.74) is 3.52. The largest absolute Gasteiger partial charge is 0.324 e. The van der Waals surface area contributed by atoms with Gasteiger partial charge in [0, 0.05) is 18.1 Å². The van der Waals surface area contributed by atoms with E-state index < -0.39 is 0 Å². The Morgan fingerprint density at radius 3 is 2.33 bits per heavy atom. The number of benzene rings is 1. The van der Waals surface area contributed by atoms with Crippen LogP contribution in [0.5, 0.6) is 0 Å². The van der Waals surface area contributed by atoms with Crippen LogP contribution in [0.4, 0.5) is 5.69 Å². The van der Waals surface area contributed by atoms with Crippen LogP contribution in [0.15, 0.2) is 34.6 Å². The molecule has 0 saturated heterocycles. The molecule has 78 valence electrons. The van der Waals surface area contributed by atoms with E-state index in [-0.39, 0.29) is 0 Å². The van der Waals surface area contributed by atoms with E-state index >= 15 is 0 Å². The molecule has 3 heteroatoms. The van der Waals surface area contributed by atoms with Crippen LogP contribution in [0, 0.1) is 13.8 Å². The van der Waals surface area contributed by atoms with Crippen molar-refractivity contribution in [3.63, 3.8) is 0 Å². The van der Waals surface area contributed by atoms with Gasteiger partial charge in [0.15, 0.2) is 4.80 Å². The highest BCUT2D eigenvalue weighted by Crippen LogP contribution is 2.11. The summed E-state index contributed by atoms with van der Waals surface area (Å²) in [6.45, 7) is 4.17. The molecule has 0 aliphatic heterocycles. The second-order valence-electron chi connectivity index (χ2n) is 3.67. The second-order valence-corrected chi connectivity index (χ2v) is 4.50. The Kier molecular flexibility index (Phi) is 2.73. The molecule has 0 aliphatic carbocycles. The molecule has 0 atom stereocenters. The van der Waals surface area contributed by atoms with E-state index in [4.69, 9.17) is 0 Å². The lowest BCUT2D eigenvalue weighted by atomic mass is 10.2. The first-order valence-corrected chi connectivity index (χ1v) is 5.77. The topological polar surface area (TPSA) is 17.3 Å². The minimum atomic E-state index is 1.01. The predicted molar refractivity (Wildman–Crippen MR) is 64.4 cm³/mol. The summed E-state index contributed by atoms with van der Waals surface area (Å²) in [6, 6.07) is 8.26. The van der Waals surface area contributed by atoms with Crippen molar-refractivity contribution in [1.82, 2.24) is 4.57 Å². The zero-order valence-corrected chi connectivity index (χ0v) is 10.0. The molecule has 0 bridgehead atoms. The zero-order chi connectivity index (χ0) is 10.8. The van der Waals surface area contributed by atoms with Crippen LogP contribution in [-0.4, -0.2) is 4.57 Å². The van der Waals surface area contributed by atoms with E-state index in [1.54, 1.807) is 11.3 Å². The first-order valence-electron chi connectivity index (χ1n) is 4.89. The zero-order valence-electron chi connectivity index (χ0n) is 9.19. The molecule has 0 aliphatic rings. The number of hydrogen-bond acceptors (Lipinski definition) is 2. The van der Waals surface area contributed by atoms with Gasteiger partial charge in [-0.05, 0) is 26.0 Å². The molecule has 2 rings (SSSR count). The van der Waals surface area contributed by atoms with Crippen LogP contribution in [0.25, 0.3) is 0 Å². The second kappa shape index (κ2) is 4.03. The Balaban J connectivity index is 2.46. The van der Waals surface area contributed by atoms with Crippen LogP contribution in [0.2, 0.25) is 0 Å². The molecule has 1 aromatic carbocycles. The van der Waals surface area contributed by atoms with Crippen molar-refractivity contribution in [3.05, 3.63) is 45.7 Å². The van der Waals surface area contributed by atoms with Gasteiger partial charge in [0.05, 0.1) is 5.69 Å². The lowest BCUT2D eigenvalue weighted by Crippen LogP contribution is -2.10. The van der Waals surface area contributed by atoms with Gasteiger partial charge in [-0.15, -0.1) is 11.3 Å². The smallest absolute Gasteiger partial charge is 0.189 e. The minimum Gasteiger partial charge on any atom is -0.324 e. The van der Waals surface area contributed by atoms with Crippen molar-refractivity contribution < 1.29 is 0 Å². The van der Waals surface area contributed by atoms with Crippen molar-refractivity contribution in [1.29, 1.82) is 0 Å². The molecule has 0 radical (unpaired) electrons. The molecule has 1 heterocycles. The highest BCUT2D eigenvalue weighted by atomic mass is 32.1. The number of rotatable bonds is 1. The molecule has 0 unspecified atom stereocenters. The summed E-state index contributed by atoms with van der Waals surface area (Å²) in [7, 11) is 2.04. The molecule has 1 aromatic heterocycles. The van der Waals surface area contributed by atoms with Gasteiger partial charge in [-0.25, -0.2) is 4.99 Å². The number of aromatic nitrogens is 1. The summed E-state index contributed by atoms with van der Waals surface area (Å²) in [6.07, 6.45) is 0. The number of thiazole rings is 1. The molecular weight excluding hydrogens is 204 g/mol. The maximum Gasteiger partial charge on any atom is 0.189 e. The molecule has 0 fully saturated rings. The molecule has 0 amide bonds. The average molecular weight is 218 g/mol. The van der Waals surface area contributed by atoms with Crippen molar-refractivity contribution >= 4 is 17.0 Å². The van der Waals surface area contributed by atoms with Gasteiger partial charge in [0.2, 0.25) is 0 Å². The fraction of sp³-hybridized carbons (Fsp3) is 0.250. The van der Waals surface area contributed by atoms with Crippen LogP contribution < -0.4 is 4.80 Å². The molecule has 0 saturated carbocycles. The Labute approximate surface area is 93.5 Å². The minimum absolute atomic E-state index is 1.01. The van der Waals surface area contributed by atoms with Crippen molar-refractivity contribution in [2.45, 2.75) is 13.8 Å². The summed E-state index contributed by atoms with van der Waals surface area (Å²) in [5, 5.41) is 2.12. The summed E-state index contributed by atoms with van der Waals surface area (Å²) in [5.74, 6) is 0. The Morgan fingerprint density at radius 1 is 1.13 bits per heavy atom. The third-order valence-electron chi connectivity index (χ3n) is 2.41. The van der Waals surface area contributed by atoms with Crippen molar-refractivity contribution in [2.75, 3.05) is 0 Å². The molecule has 0 N–H and O–H groups in total. The first kappa shape index (κ1) is 10.2. The molecule has 2 nitrogen and oxygen atoms in total. The SMILES string of the molecule is Cc1ccc(N=c2scc(C)n2C)cc1. The van der Waals surface area contributed by atoms with Gasteiger partial charge in [0.25, 0.3) is 0 Å². The maximum absolute atomic E-state index is 4.58. The van der Waals surface area contributed by atoms with Gasteiger partial charge in [0.1, 0.15) is 0 Å². The number of aryl methyl sites for hydroxylation is 2. The predicted octanol–water partition coefficient (Wildman–Crippen LogP) is 2.94. The van der Waals surface area contributed by atoms with E-state index in [9.17, 15) is 0 Å². The van der Waals surface area contributed by atoms with Gasteiger partial charge in [-0.3, -0.25) is 0 Å². The molecule has 15 heavy (non-hydrogen) atoms. The number of nitrogens with zero attached hydrogens (tertiary/aromatic N) is 2. The Hall–Kier alpha value is -1.35. The highest BCUT2D eigenvalue weighted by molar-refractivity contribution is 7.07. The highest BCUT2D eigenvalue weighted by Gasteiger charge is 1.95. The van der Waals surface area contributed by atoms with Gasteiger partial charge < -0.3 is 4.57 Å². The summed E-state index contributed by atoms with van der Waals surface area (Å²) in [4.78, 5) is 5.62. The molecular formula is C12H14N2S. The van der Waals surface area contributed by atoms with E-state index in [1.807, 2.05) is 19.2 Å². The van der Waals surface area contributed by atoms with Crippen molar-refractivity contribution in [2.24, 2.45) is 12.0 Å². The average Bonchev–Trinajstić information content (AvgIpc) is 2.53. The first-order chi connectivity index (χ1) is 7.16. The van der Waals surface area contributed by atoms with E-state index in [2.05, 4.69) is 40.9 Å². The Morgan fingerprint density at radius 2 is 1.80 bits per heavy atom. The van der Waals surface area contributed by atoms with E-state index in [0.29, 0.717) is 0 Å². The van der Waals surface area contributed by atoms with E-state index in [1.165, 1.54) is 11.3 Å². The normalized spacial score (nSPS) is 12.1. The monoisotopic (exact) mass is 218 g/mol. The van der Waals surface area contributed by atoms with Crippen LogP contribution in [-0.2, 0) is 7.05 Å². The maximum atomic E-state index is 4.58. The summed E-state index contributed by atoms with van der Waals surface area (Å²) >= 11 is 1.67. The fourth-order valence-electron chi connectivity index (χ4n) is 1.28. The molecule has 0 spiro atoms. The lowest BCUT2D eigenvalue weighted by molar-refractivity contribution is 0.835. The Bertz CT molecular complexity index is 517. The lowest BCUT2D eigenvalue weighted by Gasteiger charge is -1.96. The number of hydrogen-bond donors (Lipinski definition) is 0. The van der Waals surface area contributed by atoms with Gasteiger partial charge in [-0.2, -0.15) is 0 Å². The quantitative estimate of drug-likeness (QED) is 0.700. The van der Waals surface area contributed by atoms with Gasteiger partial charge in [-0.1, -0.05) is 17.7 Å². The standard InChI is InChI=1S/C12H14N2S/c1-9-4-6-11(7-5-9)13-12-14(3)10(2)8-15-12/h4-8H,1-3H3. The summed E-state index contributed by atoms with van der Waals surface area (Å²) < 4.78 is 2.10. The molecule has 2 aromatic rings. The van der Waals surface area contributed by atoms with Crippen LogP contribution in [0.1, 0.15) is 11.3 Å². The van der Waals surface area contributed by atoms with Gasteiger partial charge >= 0.3 is 0 Å².